The summed E-state index contributed by atoms with van der Waals surface area (Å²) in [4.78, 5) is 16.9. The number of urea groups is 1. The van der Waals surface area contributed by atoms with Gasteiger partial charge in [0, 0.05) is 42.9 Å². The van der Waals surface area contributed by atoms with E-state index in [0.717, 1.165) is 63.1 Å². The van der Waals surface area contributed by atoms with Crippen LogP contribution in [0.4, 0.5) is 15.6 Å². The summed E-state index contributed by atoms with van der Waals surface area (Å²) in [7, 11) is -1.20. The van der Waals surface area contributed by atoms with E-state index in [0.29, 0.717) is 57.4 Å². The quantitative estimate of drug-likeness (QED) is 0.164. The molecule has 8 rings (SSSR count). The van der Waals surface area contributed by atoms with Crippen LogP contribution in [-0.2, 0) is 21.6 Å². The molecule has 2 heterocycles. The number of carbonyl (C=O) groups excluding carboxylic acids is 1. The Hall–Kier alpha value is -2.94. The molecule has 0 saturated heterocycles. The maximum atomic E-state index is 12.2. The number of carbonyl (C=O) groups is 1. The number of hydrogen-bond acceptors (Lipinski definition) is 9. The SMILES string of the molecule is CN(C)S(=O)(=O)NC(=O)Nc1ccc2nc(NC3C4C[C@@H](OCc5c(-c6c(Cl)cccc6Cl)noc5C5CC5)C[C@@H]3C4)sc2c1. The molecule has 2 bridgehead atoms. The van der Waals surface area contributed by atoms with Crippen LogP contribution in [-0.4, -0.2) is 55.1 Å². The Morgan fingerprint density at radius 3 is 2.53 bits per heavy atom. The number of nitrogens with zero attached hydrogens (tertiary/aromatic N) is 3. The van der Waals surface area contributed by atoms with Crippen LogP contribution in [0.5, 0.6) is 0 Å². The third-order valence-corrected chi connectivity index (χ3v) is 11.8. The monoisotopic (exact) mass is 690 g/mol. The molecule has 3 N–H and O–H groups in total. The molecule has 2 amide bonds. The minimum Gasteiger partial charge on any atom is -0.373 e. The van der Waals surface area contributed by atoms with E-state index in [9.17, 15) is 13.2 Å². The van der Waals surface area contributed by atoms with Gasteiger partial charge in [-0.2, -0.15) is 12.7 Å². The average molecular weight is 692 g/mol. The number of hydrogen-bond donors (Lipinski definition) is 3. The molecule has 4 aliphatic rings. The zero-order valence-corrected chi connectivity index (χ0v) is 27.7. The van der Waals surface area contributed by atoms with E-state index in [1.165, 1.54) is 25.4 Å². The highest BCUT2D eigenvalue weighted by molar-refractivity contribution is 7.87. The molecular weight excluding hydrogens is 659 g/mol. The molecule has 0 radical (unpaired) electrons. The van der Waals surface area contributed by atoms with Gasteiger partial charge in [-0.1, -0.05) is 45.8 Å². The van der Waals surface area contributed by atoms with Crippen molar-refractivity contribution in [3.8, 4) is 11.3 Å². The number of nitrogens with one attached hydrogen (secondary N) is 3. The fraction of sp³-hybridized carbons (Fsp3) is 0.433. The molecule has 45 heavy (non-hydrogen) atoms. The summed E-state index contributed by atoms with van der Waals surface area (Å²) in [5.74, 6) is 2.21. The van der Waals surface area contributed by atoms with Gasteiger partial charge >= 0.3 is 16.2 Å². The molecule has 2 aromatic carbocycles. The highest BCUT2D eigenvalue weighted by Crippen LogP contribution is 2.50. The fourth-order valence-electron chi connectivity index (χ4n) is 6.32. The third-order valence-electron chi connectivity index (χ3n) is 8.82. The second kappa shape index (κ2) is 12.0. The molecule has 15 heteroatoms. The fourth-order valence-corrected chi connectivity index (χ4v) is 8.32. The van der Waals surface area contributed by atoms with Crippen LogP contribution in [0.25, 0.3) is 21.5 Å². The second-order valence-corrected chi connectivity index (χ2v) is 15.9. The standard InChI is InChI=1S/C30H32Cl2N6O5S2/c1-38(2)45(40,41)37-29(39)33-18-8-9-23-24(13-18)44-30(34-23)35-26-16-10-17(26)12-19(11-16)42-14-20-27(36-43-28(20)15-6-7-15)25-21(31)4-3-5-22(25)32/h3-5,8-9,13,15-17,19,26H,6-7,10-12,14H2,1-2H3,(H,34,35)(H2,33,37,39)/t16-,17?,19-,26?/m0/s1. The number of fused-ring (bicyclic) bond motifs is 3. The topological polar surface area (TPSA) is 139 Å². The minimum atomic E-state index is -3.89. The maximum absolute atomic E-state index is 12.2. The van der Waals surface area contributed by atoms with Gasteiger partial charge in [-0.15, -0.1) is 0 Å². The van der Waals surface area contributed by atoms with Crippen LogP contribution in [0.3, 0.4) is 0 Å². The number of thiazole rings is 1. The molecule has 238 valence electrons. The van der Waals surface area contributed by atoms with Crippen molar-refractivity contribution < 1.29 is 22.5 Å². The van der Waals surface area contributed by atoms with Gasteiger partial charge in [-0.3, -0.25) is 0 Å². The Bertz CT molecular complexity index is 1840. The third kappa shape index (κ3) is 6.26. The van der Waals surface area contributed by atoms with E-state index >= 15 is 0 Å². The highest BCUT2D eigenvalue weighted by Gasteiger charge is 2.48. The number of ether oxygens (including phenoxy) is 1. The van der Waals surface area contributed by atoms with Crippen molar-refractivity contribution in [2.24, 2.45) is 11.8 Å². The van der Waals surface area contributed by atoms with E-state index in [4.69, 9.17) is 37.4 Å². The van der Waals surface area contributed by atoms with Crippen molar-refractivity contribution in [1.29, 1.82) is 0 Å². The van der Waals surface area contributed by atoms with Gasteiger partial charge in [0.2, 0.25) is 0 Å². The molecular formula is C30H32Cl2N6O5S2. The van der Waals surface area contributed by atoms with Gasteiger partial charge in [0.1, 0.15) is 11.5 Å². The Labute approximate surface area is 274 Å². The number of halogens is 2. The zero-order chi connectivity index (χ0) is 31.5. The van der Waals surface area contributed by atoms with Gasteiger partial charge < -0.3 is 19.9 Å². The molecule has 0 aliphatic heterocycles. The summed E-state index contributed by atoms with van der Waals surface area (Å²) in [6, 6.07) is 10.2. The number of benzene rings is 2. The second-order valence-electron chi connectivity index (χ2n) is 12.1. The first-order chi connectivity index (χ1) is 21.6. The number of rotatable bonds is 10. The molecule has 4 saturated carbocycles. The van der Waals surface area contributed by atoms with Crippen molar-refractivity contribution in [1.82, 2.24) is 19.2 Å². The van der Waals surface area contributed by atoms with E-state index in [-0.39, 0.29) is 6.10 Å². The molecule has 4 aliphatic carbocycles. The largest absolute Gasteiger partial charge is 0.373 e. The lowest BCUT2D eigenvalue weighted by molar-refractivity contribution is -0.0640. The van der Waals surface area contributed by atoms with E-state index in [1.807, 2.05) is 29.0 Å². The van der Waals surface area contributed by atoms with Crippen molar-refractivity contribution in [2.45, 2.75) is 56.8 Å². The normalized spacial score (nSPS) is 22.8. The Balaban J connectivity index is 0.974. The lowest BCUT2D eigenvalue weighted by atomic mass is 9.60. The lowest BCUT2D eigenvalue weighted by Crippen LogP contribution is -2.54. The summed E-state index contributed by atoms with van der Waals surface area (Å²) in [5, 5.41) is 12.5. The number of amides is 2. The molecule has 4 fully saturated rings. The Kier molecular flexibility index (Phi) is 8.20. The van der Waals surface area contributed by atoms with Crippen molar-refractivity contribution >= 4 is 71.8 Å². The van der Waals surface area contributed by atoms with Crippen LogP contribution in [0.1, 0.15) is 49.3 Å². The lowest BCUT2D eigenvalue weighted by Gasteiger charge is -2.52. The average Bonchev–Trinajstić information content (AvgIpc) is 3.62. The van der Waals surface area contributed by atoms with E-state index < -0.39 is 16.2 Å². The van der Waals surface area contributed by atoms with E-state index in [2.05, 4.69) is 15.8 Å². The van der Waals surface area contributed by atoms with Gasteiger partial charge in [0.15, 0.2) is 5.13 Å². The minimum absolute atomic E-state index is 0.134. The highest BCUT2D eigenvalue weighted by atomic mass is 35.5. The summed E-state index contributed by atoms with van der Waals surface area (Å²) < 4.78 is 39.9. The van der Waals surface area contributed by atoms with Gasteiger partial charge in [-0.25, -0.2) is 14.5 Å². The summed E-state index contributed by atoms with van der Waals surface area (Å²) >= 11 is 14.5. The maximum Gasteiger partial charge on any atom is 0.333 e. The molecule has 11 nitrogen and oxygen atoms in total. The Morgan fingerprint density at radius 2 is 1.84 bits per heavy atom. The molecule has 0 spiro atoms. The first-order valence-electron chi connectivity index (χ1n) is 14.8. The smallest absolute Gasteiger partial charge is 0.333 e. The number of anilines is 2. The predicted molar refractivity (Wildman–Crippen MR) is 175 cm³/mol. The summed E-state index contributed by atoms with van der Waals surface area (Å²) in [6.45, 7) is 0.405. The van der Waals surface area contributed by atoms with Crippen molar-refractivity contribution in [3.05, 3.63) is 57.8 Å². The van der Waals surface area contributed by atoms with Crippen LogP contribution < -0.4 is 15.4 Å². The van der Waals surface area contributed by atoms with E-state index in [1.54, 1.807) is 12.1 Å². The molecule has 4 atom stereocenters. The first kappa shape index (κ1) is 30.7. The van der Waals surface area contributed by atoms with Gasteiger partial charge in [-0.05, 0) is 74.3 Å². The zero-order valence-electron chi connectivity index (χ0n) is 24.5. The van der Waals surface area contributed by atoms with Crippen LogP contribution in [0.15, 0.2) is 40.9 Å². The molecule has 2 aromatic heterocycles. The van der Waals surface area contributed by atoms with Gasteiger partial charge in [0.05, 0.1) is 33.0 Å². The van der Waals surface area contributed by atoms with Crippen molar-refractivity contribution in [2.75, 3.05) is 24.7 Å². The predicted octanol–water partition coefficient (Wildman–Crippen LogP) is 6.86. The van der Waals surface area contributed by atoms with Crippen LogP contribution in [0.2, 0.25) is 10.0 Å². The van der Waals surface area contributed by atoms with Crippen LogP contribution in [0, 0.1) is 11.8 Å². The summed E-state index contributed by atoms with van der Waals surface area (Å²) in [6.07, 6.45) is 5.35. The molecule has 2 unspecified atom stereocenters. The van der Waals surface area contributed by atoms with Crippen molar-refractivity contribution in [3.63, 3.8) is 0 Å². The number of aromatic nitrogens is 2. The van der Waals surface area contributed by atoms with Crippen LogP contribution >= 0.6 is 34.5 Å². The Morgan fingerprint density at radius 1 is 1.11 bits per heavy atom. The molecule has 4 aromatic rings. The first-order valence-corrected chi connectivity index (χ1v) is 17.8. The van der Waals surface area contributed by atoms with Gasteiger partial charge in [0.25, 0.3) is 0 Å². The summed E-state index contributed by atoms with van der Waals surface area (Å²) in [5.41, 5.74) is 3.57.